The van der Waals surface area contributed by atoms with Gasteiger partial charge in [-0.25, -0.2) is 9.37 Å². The Morgan fingerprint density at radius 3 is 2.61 bits per heavy atom. The van der Waals surface area contributed by atoms with E-state index in [1.165, 1.54) is 18.2 Å². The molecule has 0 atom stereocenters. The fraction of sp³-hybridized carbons (Fsp3) is 0.0625. The van der Waals surface area contributed by atoms with Crippen LogP contribution in [0.1, 0.15) is 20.7 Å². The Morgan fingerprint density at radius 2 is 1.87 bits per heavy atom. The normalized spacial score (nSPS) is 10.8. The van der Waals surface area contributed by atoms with Gasteiger partial charge in [0.25, 0.3) is 5.91 Å². The number of amides is 1. The van der Waals surface area contributed by atoms with Gasteiger partial charge >= 0.3 is 0 Å². The number of H-pyrrole nitrogens is 1. The Morgan fingerprint density at radius 1 is 1.13 bits per heavy atom. The van der Waals surface area contributed by atoms with Gasteiger partial charge in [0.05, 0.1) is 22.4 Å². The minimum Gasteiger partial charge on any atom is -0.366 e. The maximum Gasteiger partial charge on any atom is 0.250 e. The van der Waals surface area contributed by atoms with E-state index in [9.17, 15) is 14.0 Å². The highest BCUT2D eigenvalue weighted by molar-refractivity contribution is 7.99. The number of benzene rings is 2. The molecule has 7 heteroatoms. The average Bonchev–Trinajstić information content (AvgIpc) is 2.95. The molecular weight excluding hydrogens is 317 g/mol. The number of nitrogens with one attached hydrogen (secondary N) is 1. The number of fused-ring (bicyclic) bond motifs is 1. The summed E-state index contributed by atoms with van der Waals surface area (Å²) in [6.45, 7) is 0. The third kappa shape index (κ3) is 3.09. The first kappa shape index (κ1) is 15.2. The van der Waals surface area contributed by atoms with Crippen molar-refractivity contribution in [1.82, 2.24) is 9.97 Å². The summed E-state index contributed by atoms with van der Waals surface area (Å²) in [5, 5.41) is 0.471. The Hall–Kier alpha value is -2.67. The Labute approximate surface area is 135 Å². The van der Waals surface area contributed by atoms with Gasteiger partial charge in [-0.05, 0) is 24.3 Å². The number of rotatable bonds is 5. The summed E-state index contributed by atoms with van der Waals surface area (Å²) >= 11 is 1.14. The molecule has 0 saturated heterocycles. The first-order valence-electron chi connectivity index (χ1n) is 6.75. The molecule has 3 aromatic rings. The standard InChI is InChI=1S/C16H12FN3O2S/c17-11-6-2-1-4-9(11)13(21)8-23-16-19-12-7-3-5-10(15(18)22)14(12)20-16/h1-7H,8H2,(H2,18,22)(H,19,20). The maximum absolute atomic E-state index is 13.6. The average molecular weight is 329 g/mol. The second-order valence-electron chi connectivity index (χ2n) is 4.80. The molecule has 0 saturated carbocycles. The highest BCUT2D eigenvalue weighted by atomic mass is 32.2. The molecule has 0 spiro atoms. The monoisotopic (exact) mass is 329 g/mol. The molecule has 1 heterocycles. The van der Waals surface area contributed by atoms with Crippen LogP contribution in [0.4, 0.5) is 4.39 Å². The Balaban J connectivity index is 1.80. The Bertz CT molecular complexity index is 907. The van der Waals surface area contributed by atoms with Crippen LogP contribution in [0, 0.1) is 5.82 Å². The van der Waals surface area contributed by atoms with Crippen LogP contribution in [0.3, 0.4) is 0 Å². The van der Waals surface area contributed by atoms with E-state index in [-0.39, 0.29) is 17.1 Å². The Kier molecular flexibility index (Phi) is 4.12. The first-order chi connectivity index (χ1) is 11.1. The van der Waals surface area contributed by atoms with Crippen LogP contribution in [-0.2, 0) is 0 Å². The number of Topliss-reactive ketones (excluding diaryl/α,β-unsaturated/α-hetero) is 1. The van der Waals surface area contributed by atoms with Crippen molar-refractivity contribution < 1.29 is 14.0 Å². The summed E-state index contributed by atoms with van der Waals surface area (Å²) in [5.74, 6) is -1.41. The van der Waals surface area contributed by atoms with Gasteiger partial charge in [0.15, 0.2) is 10.9 Å². The molecular formula is C16H12FN3O2S. The number of carbonyl (C=O) groups excluding carboxylic acids is 2. The molecule has 0 aliphatic rings. The van der Waals surface area contributed by atoms with Crippen molar-refractivity contribution in [2.45, 2.75) is 5.16 Å². The molecule has 0 fully saturated rings. The molecule has 0 bridgehead atoms. The molecule has 2 aromatic carbocycles. The predicted molar refractivity (Wildman–Crippen MR) is 86.1 cm³/mol. The van der Waals surface area contributed by atoms with E-state index in [0.29, 0.717) is 21.8 Å². The van der Waals surface area contributed by atoms with Crippen LogP contribution >= 0.6 is 11.8 Å². The van der Waals surface area contributed by atoms with Gasteiger partial charge in [0.1, 0.15) is 11.3 Å². The van der Waals surface area contributed by atoms with E-state index in [2.05, 4.69) is 9.97 Å². The zero-order chi connectivity index (χ0) is 16.4. The van der Waals surface area contributed by atoms with Crippen molar-refractivity contribution in [3.63, 3.8) is 0 Å². The number of thioether (sulfide) groups is 1. The molecule has 0 aliphatic heterocycles. The van der Waals surface area contributed by atoms with E-state index in [0.717, 1.165) is 11.8 Å². The number of hydrogen-bond donors (Lipinski definition) is 2. The van der Waals surface area contributed by atoms with Crippen LogP contribution < -0.4 is 5.73 Å². The van der Waals surface area contributed by atoms with Gasteiger partial charge in [-0.2, -0.15) is 0 Å². The van der Waals surface area contributed by atoms with Gasteiger partial charge < -0.3 is 10.7 Å². The quantitative estimate of drug-likeness (QED) is 0.556. The number of imidazole rings is 1. The number of nitrogens with zero attached hydrogens (tertiary/aromatic N) is 1. The molecule has 1 amide bonds. The molecule has 23 heavy (non-hydrogen) atoms. The van der Waals surface area contributed by atoms with Crippen molar-refractivity contribution in [2.24, 2.45) is 5.73 Å². The van der Waals surface area contributed by atoms with Gasteiger partial charge in [0, 0.05) is 0 Å². The third-order valence-electron chi connectivity index (χ3n) is 3.27. The molecule has 0 aliphatic carbocycles. The minimum atomic E-state index is -0.568. The zero-order valence-electron chi connectivity index (χ0n) is 11.9. The van der Waals surface area contributed by atoms with Crippen LogP contribution in [0.5, 0.6) is 0 Å². The smallest absolute Gasteiger partial charge is 0.250 e. The minimum absolute atomic E-state index is 0.0344. The topological polar surface area (TPSA) is 88.8 Å². The SMILES string of the molecule is NC(=O)c1cccc2[nH]c(SCC(=O)c3ccccc3F)nc12. The van der Waals surface area contributed by atoms with E-state index in [1.54, 1.807) is 24.3 Å². The van der Waals surface area contributed by atoms with Crippen molar-refractivity contribution in [3.05, 3.63) is 59.4 Å². The lowest BCUT2D eigenvalue weighted by Gasteiger charge is -2.00. The molecule has 116 valence electrons. The van der Waals surface area contributed by atoms with Gasteiger partial charge in [0.2, 0.25) is 0 Å². The number of halogens is 1. The molecule has 0 radical (unpaired) electrons. The van der Waals surface area contributed by atoms with Crippen LogP contribution in [0.25, 0.3) is 11.0 Å². The summed E-state index contributed by atoms with van der Waals surface area (Å²) < 4.78 is 13.6. The largest absolute Gasteiger partial charge is 0.366 e. The number of para-hydroxylation sites is 1. The molecule has 3 rings (SSSR count). The maximum atomic E-state index is 13.6. The lowest BCUT2D eigenvalue weighted by Crippen LogP contribution is -2.11. The summed E-state index contributed by atoms with van der Waals surface area (Å²) in [4.78, 5) is 30.7. The third-order valence-corrected chi connectivity index (χ3v) is 4.14. The van der Waals surface area contributed by atoms with Gasteiger partial charge in [-0.15, -0.1) is 0 Å². The first-order valence-corrected chi connectivity index (χ1v) is 7.74. The molecule has 3 N–H and O–H groups in total. The van der Waals surface area contributed by atoms with Gasteiger partial charge in [-0.3, -0.25) is 9.59 Å². The van der Waals surface area contributed by atoms with Crippen molar-refractivity contribution >= 4 is 34.5 Å². The van der Waals surface area contributed by atoms with E-state index < -0.39 is 11.7 Å². The summed E-state index contributed by atoms with van der Waals surface area (Å²) in [7, 11) is 0. The van der Waals surface area contributed by atoms with Crippen LogP contribution in [0.2, 0.25) is 0 Å². The number of ketones is 1. The zero-order valence-corrected chi connectivity index (χ0v) is 12.7. The van der Waals surface area contributed by atoms with Crippen molar-refractivity contribution in [2.75, 3.05) is 5.75 Å². The number of primary amides is 1. The summed E-state index contributed by atoms with van der Waals surface area (Å²) in [6, 6.07) is 10.9. The number of hydrogen-bond acceptors (Lipinski definition) is 4. The van der Waals surface area contributed by atoms with Gasteiger partial charge in [-0.1, -0.05) is 30.0 Å². The molecule has 1 aromatic heterocycles. The summed E-state index contributed by atoms with van der Waals surface area (Å²) in [5.41, 5.74) is 6.78. The number of aromatic nitrogens is 2. The van der Waals surface area contributed by atoms with E-state index in [1.807, 2.05) is 0 Å². The fourth-order valence-corrected chi connectivity index (χ4v) is 2.94. The molecule has 5 nitrogen and oxygen atoms in total. The lowest BCUT2D eigenvalue weighted by atomic mass is 10.1. The highest BCUT2D eigenvalue weighted by Crippen LogP contribution is 2.23. The van der Waals surface area contributed by atoms with E-state index in [4.69, 9.17) is 5.73 Å². The lowest BCUT2D eigenvalue weighted by molar-refractivity contribution is 0.0997. The van der Waals surface area contributed by atoms with Crippen molar-refractivity contribution in [1.29, 1.82) is 0 Å². The van der Waals surface area contributed by atoms with Crippen LogP contribution in [0.15, 0.2) is 47.6 Å². The van der Waals surface area contributed by atoms with Crippen LogP contribution in [-0.4, -0.2) is 27.4 Å². The number of nitrogens with two attached hydrogens (primary N) is 1. The fourth-order valence-electron chi connectivity index (χ4n) is 2.18. The second kappa shape index (κ2) is 6.21. The van der Waals surface area contributed by atoms with E-state index >= 15 is 0 Å². The number of aromatic amines is 1. The highest BCUT2D eigenvalue weighted by Gasteiger charge is 2.14. The van der Waals surface area contributed by atoms with Crippen molar-refractivity contribution in [3.8, 4) is 0 Å². The predicted octanol–water partition coefficient (Wildman–Crippen LogP) is 2.78. The second-order valence-corrected chi connectivity index (χ2v) is 5.76. The number of carbonyl (C=O) groups is 2. The summed E-state index contributed by atoms with van der Waals surface area (Å²) in [6.07, 6.45) is 0. The molecule has 0 unspecified atom stereocenters.